The monoisotopic (exact) mass is 382 g/mol. The van der Waals surface area contributed by atoms with Crippen molar-refractivity contribution in [3.8, 4) is 5.75 Å². The van der Waals surface area contributed by atoms with Crippen molar-refractivity contribution in [2.24, 2.45) is 0 Å². The van der Waals surface area contributed by atoms with Gasteiger partial charge in [-0.15, -0.1) is 0 Å². The van der Waals surface area contributed by atoms with Gasteiger partial charge in [-0.3, -0.25) is 9.69 Å². The second kappa shape index (κ2) is 10.2. The Morgan fingerprint density at radius 3 is 2.61 bits per heavy atom. The van der Waals surface area contributed by atoms with Crippen LogP contribution in [0.15, 0.2) is 48.5 Å². The predicted octanol–water partition coefficient (Wildman–Crippen LogP) is 3.80. The summed E-state index contributed by atoms with van der Waals surface area (Å²) >= 11 is 0. The Morgan fingerprint density at radius 2 is 1.86 bits per heavy atom. The average Bonchev–Trinajstić information content (AvgIpc) is 2.75. The van der Waals surface area contributed by atoms with Crippen LogP contribution >= 0.6 is 0 Å². The van der Waals surface area contributed by atoms with Gasteiger partial charge in [0.1, 0.15) is 5.75 Å². The van der Waals surface area contributed by atoms with Crippen molar-refractivity contribution in [2.45, 2.75) is 31.9 Å². The summed E-state index contributed by atoms with van der Waals surface area (Å²) in [7, 11) is 3.36. The van der Waals surface area contributed by atoms with Gasteiger partial charge in [-0.1, -0.05) is 36.8 Å². The lowest BCUT2D eigenvalue weighted by atomic mass is 10.0. The molecule has 28 heavy (non-hydrogen) atoms. The molecule has 3 rings (SSSR count). The summed E-state index contributed by atoms with van der Waals surface area (Å²) in [4.78, 5) is 15.2. The molecule has 150 valence electrons. The number of amides is 1. The van der Waals surface area contributed by atoms with E-state index in [-0.39, 0.29) is 11.9 Å². The first-order valence-electron chi connectivity index (χ1n) is 9.96. The number of ether oxygens (including phenoxy) is 2. The van der Waals surface area contributed by atoms with E-state index in [9.17, 15) is 4.79 Å². The van der Waals surface area contributed by atoms with Crippen molar-refractivity contribution in [1.82, 2.24) is 10.2 Å². The molecule has 0 bridgehead atoms. The minimum absolute atomic E-state index is 0.0603. The Bertz CT molecular complexity index is 772. The summed E-state index contributed by atoms with van der Waals surface area (Å²) in [5, 5.41) is 3.14. The number of rotatable bonds is 8. The van der Waals surface area contributed by atoms with E-state index in [2.05, 4.69) is 16.3 Å². The van der Waals surface area contributed by atoms with Gasteiger partial charge in [0, 0.05) is 24.8 Å². The number of nitrogens with one attached hydrogen (secondary N) is 1. The van der Waals surface area contributed by atoms with Crippen LogP contribution in [0.2, 0.25) is 0 Å². The number of hydrogen-bond acceptors (Lipinski definition) is 4. The SMILES string of the molecule is COCc1cccc(C(=O)NC[C@H](c2ccccc2OC)N2CCCCC2)c1. The summed E-state index contributed by atoms with van der Waals surface area (Å²) in [5.74, 6) is 0.810. The second-order valence-electron chi connectivity index (χ2n) is 7.20. The van der Waals surface area contributed by atoms with Gasteiger partial charge >= 0.3 is 0 Å². The van der Waals surface area contributed by atoms with Crippen LogP contribution in [0.25, 0.3) is 0 Å². The van der Waals surface area contributed by atoms with E-state index in [0.29, 0.717) is 18.7 Å². The average molecular weight is 383 g/mol. The van der Waals surface area contributed by atoms with Crippen LogP contribution < -0.4 is 10.1 Å². The van der Waals surface area contributed by atoms with Crippen molar-refractivity contribution in [3.05, 3.63) is 65.2 Å². The molecule has 0 saturated carbocycles. The molecular weight excluding hydrogens is 352 g/mol. The highest BCUT2D eigenvalue weighted by atomic mass is 16.5. The van der Waals surface area contributed by atoms with Gasteiger partial charge in [-0.2, -0.15) is 0 Å². The summed E-state index contributed by atoms with van der Waals surface area (Å²) < 4.78 is 10.8. The zero-order valence-corrected chi connectivity index (χ0v) is 16.8. The third-order valence-electron chi connectivity index (χ3n) is 5.29. The van der Waals surface area contributed by atoms with Crippen LogP contribution in [-0.4, -0.2) is 44.7 Å². The molecular formula is C23H30N2O3. The molecule has 1 saturated heterocycles. The first-order valence-corrected chi connectivity index (χ1v) is 9.96. The lowest BCUT2D eigenvalue weighted by Crippen LogP contribution is -2.40. The molecule has 2 aromatic carbocycles. The smallest absolute Gasteiger partial charge is 0.251 e. The number of benzene rings is 2. The summed E-state index contributed by atoms with van der Waals surface area (Å²) in [6.07, 6.45) is 3.66. The Balaban J connectivity index is 1.76. The molecule has 2 aromatic rings. The molecule has 0 aliphatic carbocycles. The largest absolute Gasteiger partial charge is 0.496 e. The van der Waals surface area contributed by atoms with Gasteiger partial charge in [0.05, 0.1) is 19.8 Å². The number of carbonyl (C=O) groups is 1. The minimum Gasteiger partial charge on any atom is -0.496 e. The molecule has 1 atom stereocenters. The van der Waals surface area contributed by atoms with Crippen molar-refractivity contribution >= 4 is 5.91 Å². The van der Waals surface area contributed by atoms with Crippen LogP contribution in [0.1, 0.15) is 46.8 Å². The quantitative estimate of drug-likeness (QED) is 0.755. The number of para-hydroxylation sites is 1. The maximum Gasteiger partial charge on any atom is 0.251 e. The molecule has 1 heterocycles. The topological polar surface area (TPSA) is 50.8 Å². The highest BCUT2D eigenvalue weighted by Gasteiger charge is 2.25. The predicted molar refractivity (Wildman–Crippen MR) is 111 cm³/mol. The van der Waals surface area contributed by atoms with Gasteiger partial charge in [0.2, 0.25) is 0 Å². The highest BCUT2D eigenvalue weighted by molar-refractivity contribution is 5.94. The molecule has 1 N–H and O–H groups in total. The van der Waals surface area contributed by atoms with Crippen LogP contribution in [0.4, 0.5) is 0 Å². The number of piperidine rings is 1. The molecule has 1 aliphatic rings. The van der Waals surface area contributed by atoms with E-state index in [1.807, 2.05) is 42.5 Å². The lowest BCUT2D eigenvalue weighted by molar-refractivity contribution is 0.0923. The van der Waals surface area contributed by atoms with Gasteiger partial charge < -0.3 is 14.8 Å². The number of hydrogen-bond donors (Lipinski definition) is 1. The first kappa shape index (κ1) is 20.4. The Kier molecular flexibility index (Phi) is 7.46. The molecule has 1 aliphatic heterocycles. The highest BCUT2D eigenvalue weighted by Crippen LogP contribution is 2.31. The fourth-order valence-corrected chi connectivity index (χ4v) is 3.87. The Hall–Kier alpha value is -2.37. The maximum absolute atomic E-state index is 12.8. The summed E-state index contributed by atoms with van der Waals surface area (Å²) in [6.45, 7) is 3.14. The molecule has 0 unspecified atom stereocenters. The number of methoxy groups -OCH3 is 2. The van der Waals surface area contributed by atoms with E-state index in [1.165, 1.54) is 19.3 Å². The fourth-order valence-electron chi connectivity index (χ4n) is 3.87. The normalized spacial score (nSPS) is 15.8. The second-order valence-corrected chi connectivity index (χ2v) is 7.20. The fraction of sp³-hybridized carbons (Fsp3) is 0.435. The zero-order chi connectivity index (χ0) is 19.8. The van der Waals surface area contributed by atoms with Gasteiger partial charge in [0.15, 0.2) is 0 Å². The van der Waals surface area contributed by atoms with E-state index >= 15 is 0 Å². The maximum atomic E-state index is 12.8. The Labute approximate surface area is 167 Å². The van der Waals surface area contributed by atoms with Crippen molar-refractivity contribution in [1.29, 1.82) is 0 Å². The van der Waals surface area contributed by atoms with Gasteiger partial charge in [-0.05, 0) is 49.7 Å². The summed E-state index contributed by atoms with van der Waals surface area (Å²) in [6, 6.07) is 15.8. The third kappa shape index (κ3) is 5.12. The molecule has 0 aromatic heterocycles. The van der Waals surface area contributed by atoms with Crippen LogP contribution in [0.5, 0.6) is 5.75 Å². The lowest BCUT2D eigenvalue weighted by Gasteiger charge is -2.35. The first-order chi connectivity index (χ1) is 13.7. The molecule has 0 spiro atoms. The number of carbonyl (C=O) groups excluding carboxylic acids is 1. The molecule has 5 heteroatoms. The molecule has 5 nitrogen and oxygen atoms in total. The van der Waals surface area contributed by atoms with E-state index in [4.69, 9.17) is 9.47 Å². The van der Waals surface area contributed by atoms with E-state index in [1.54, 1.807) is 14.2 Å². The van der Waals surface area contributed by atoms with Crippen molar-refractivity contribution < 1.29 is 14.3 Å². The molecule has 0 radical (unpaired) electrons. The molecule has 1 fully saturated rings. The van der Waals surface area contributed by atoms with Crippen LogP contribution in [-0.2, 0) is 11.3 Å². The van der Waals surface area contributed by atoms with Gasteiger partial charge in [0.25, 0.3) is 5.91 Å². The molecule has 1 amide bonds. The van der Waals surface area contributed by atoms with E-state index in [0.717, 1.165) is 30.0 Å². The standard InChI is InChI=1S/C23H30N2O3/c1-27-17-18-9-8-10-19(15-18)23(26)24-16-21(25-13-6-3-7-14-25)20-11-4-5-12-22(20)28-2/h4-5,8-12,15,21H,3,6-7,13-14,16-17H2,1-2H3,(H,24,26)/t21-/m1/s1. The van der Waals surface area contributed by atoms with Crippen LogP contribution in [0, 0.1) is 0 Å². The minimum atomic E-state index is -0.0603. The number of nitrogens with zero attached hydrogens (tertiary/aromatic N) is 1. The van der Waals surface area contributed by atoms with Crippen molar-refractivity contribution in [2.75, 3.05) is 33.9 Å². The summed E-state index contributed by atoms with van der Waals surface area (Å²) in [5.41, 5.74) is 2.78. The van der Waals surface area contributed by atoms with E-state index < -0.39 is 0 Å². The zero-order valence-electron chi connectivity index (χ0n) is 16.8. The van der Waals surface area contributed by atoms with Gasteiger partial charge in [-0.25, -0.2) is 0 Å². The van der Waals surface area contributed by atoms with Crippen LogP contribution in [0.3, 0.4) is 0 Å². The number of likely N-dealkylation sites (tertiary alicyclic amines) is 1. The third-order valence-corrected chi connectivity index (χ3v) is 5.29. The Morgan fingerprint density at radius 1 is 1.07 bits per heavy atom. The van der Waals surface area contributed by atoms with Crippen molar-refractivity contribution in [3.63, 3.8) is 0 Å².